The van der Waals surface area contributed by atoms with E-state index >= 15 is 0 Å². The normalized spacial score (nSPS) is 15.7. The highest BCUT2D eigenvalue weighted by molar-refractivity contribution is 5.99. The van der Waals surface area contributed by atoms with Crippen molar-refractivity contribution in [2.75, 3.05) is 11.9 Å². The lowest BCUT2D eigenvalue weighted by Gasteiger charge is -2.30. The maximum Gasteiger partial charge on any atom is 0.251 e. The third-order valence-electron chi connectivity index (χ3n) is 5.48. The van der Waals surface area contributed by atoms with Crippen LogP contribution < -0.4 is 10.6 Å². The largest absolute Gasteiger partial charge is 0.368 e. The summed E-state index contributed by atoms with van der Waals surface area (Å²) in [5.41, 5.74) is 2.38. The fourth-order valence-electron chi connectivity index (χ4n) is 3.94. The van der Waals surface area contributed by atoms with Crippen LogP contribution in [0.5, 0.6) is 0 Å². The Hall–Kier alpha value is -3.42. The molecular weight excluding hydrogens is 400 g/mol. The molecule has 2 atom stereocenters. The molecule has 1 amide bonds. The van der Waals surface area contributed by atoms with Gasteiger partial charge in [0.25, 0.3) is 5.91 Å². The van der Waals surface area contributed by atoms with E-state index in [0.717, 1.165) is 11.1 Å². The van der Waals surface area contributed by atoms with E-state index in [2.05, 4.69) is 25.8 Å². The number of nitrogens with zero attached hydrogens (tertiary/aromatic N) is 3. The second-order valence-corrected chi connectivity index (χ2v) is 8.09. The van der Waals surface area contributed by atoms with Gasteiger partial charge in [0, 0.05) is 35.8 Å². The molecule has 8 heteroatoms. The first-order chi connectivity index (χ1) is 14.9. The van der Waals surface area contributed by atoms with Crippen LogP contribution in [0, 0.1) is 5.82 Å². The number of hydrogen-bond acceptors (Lipinski definition) is 5. The minimum atomic E-state index is -1.13. The van der Waals surface area contributed by atoms with Gasteiger partial charge in [-0.3, -0.25) is 9.78 Å². The van der Waals surface area contributed by atoms with Gasteiger partial charge in [-0.1, -0.05) is 19.1 Å². The van der Waals surface area contributed by atoms with Crippen molar-refractivity contribution in [3.8, 4) is 11.3 Å². The van der Waals surface area contributed by atoms with Crippen molar-refractivity contribution in [1.82, 2.24) is 20.5 Å². The van der Waals surface area contributed by atoms with Gasteiger partial charge >= 0.3 is 0 Å². The number of rotatable bonds is 7. The molecule has 0 spiro atoms. The molecule has 0 fully saturated rings. The average Bonchev–Trinajstić information content (AvgIpc) is 3.13. The molecule has 0 aliphatic carbocycles. The number of halogens is 2. The highest BCUT2D eigenvalue weighted by Crippen LogP contribution is 2.31. The minimum Gasteiger partial charge on any atom is -0.368 e. The predicted octanol–water partition coefficient (Wildman–Crippen LogP) is 4.04. The van der Waals surface area contributed by atoms with Gasteiger partial charge < -0.3 is 10.6 Å². The van der Waals surface area contributed by atoms with E-state index in [1.54, 1.807) is 25.1 Å². The average molecular weight is 423 g/mol. The van der Waals surface area contributed by atoms with E-state index in [1.807, 2.05) is 12.1 Å². The smallest absolute Gasteiger partial charge is 0.251 e. The van der Waals surface area contributed by atoms with Gasteiger partial charge in [-0.25, -0.2) is 8.78 Å². The number of amides is 1. The molecule has 0 unspecified atom stereocenters. The number of carbonyl (C=O) groups excluding carboxylic acids is 1. The SMILES string of the molecule is C[C@H](F)C[C@@](C)(CNc1ccc(-c2ccc3c(c2)C(=O)NC3)nn1)c1ncccc1F. The zero-order chi connectivity index (χ0) is 22.0. The molecule has 0 radical (unpaired) electrons. The van der Waals surface area contributed by atoms with E-state index in [4.69, 9.17) is 0 Å². The lowest BCUT2D eigenvalue weighted by molar-refractivity contribution is 0.0965. The van der Waals surface area contributed by atoms with E-state index < -0.39 is 17.4 Å². The molecule has 0 bridgehead atoms. The van der Waals surface area contributed by atoms with Crippen molar-refractivity contribution in [3.63, 3.8) is 0 Å². The zero-order valence-corrected chi connectivity index (χ0v) is 17.3. The lowest BCUT2D eigenvalue weighted by Crippen LogP contribution is -2.35. The molecule has 1 aliphatic heterocycles. The lowest BCUT2D eigenvalue weighted by atomic mass is 9.81. The zero-order valence-electron chi connectivity index (χ0n) is 17.3. The second kappa shape index (κ2) is 8.37. The van der Waals surface area contributed by atoms with Crippen LogP contribution in [-0.2, 0) is 12.0 Å². The maximum absolute atomic E-state index is 14.4. The van der Waals surface area contributed by atoms with Crippen molar-refractivity contribution < 1.29 is 13.6 Å². The van der Waals surface area contributed by atoms with Crippen LogP contribution >= 0.6 is 0 Å². The molecule has 1 aromatic carbocycles. The standard InChI is InChI=1S/C23H23F2N5O/c1-14(24)11-23(2,21-18(25)4-3-9-26-21)13-28-20-8-7-19(29-30-20)15-5-6-16-12-27-22(31)17(16)10-15/h3-10,14H,11-13H2,1-2H3,(H,27,31)(H,28,30)/t14-,23-/m0/s1. The molecule has 0 saturated carbocycles. The fraction of sp³-hybridized carbons (Fsp3) is 0.304. The topological polar surface area (TPSA) is 79.8 Å². The van der Waals surface area contributed by atoms with E-state index in [0.29, 0.717) is 23.6 Å². The molecule has 0 saturated heterocycles. The van der Waals surface area contributed by atoms with E-state index in [9.17, 15) is 13.6 Å². The van der Waals surface area contributed by atoms with Crippen molar-refractivity contribution in [2.24, 2.45) is 0 Å². The third kappa shape index (κ3) is 4.38. The summed E-state index contributed by atoms with van der Waals surface area (Å²) in [6, 6.07) is 12.0. The first-order valence-corrected chi connectivity index (χ1v) is 10.1. The first-order valence-electron chi connectivity index (χ1n) is 10.1. The molecule has 4 rings (SSSR count). The molecule has 6 nitrogen and oxygen atoms in total. The Morgan fingerprint density at radius 3 is 2.77 bits per heavy atom. The summed E-state index contributed by atoms with van der Waals surface area (Å²) in [4.78, 5) is 16.0. The number of hydrogen-bond donors (Lipinski definition) is 2. The van der Waals surface area contributed by atoms with Crippen LogP contribution in [0.4, 0.5) is 14.6 Å². The molecule has 160 valence electrons. The summed E-state index contributed by atoms with van der Waals surface area (Å²) in [6.07, 6.45) is 0.487. The first kappa shape index (κ1) is 20.8. The van der Waals surface area contributed by atoms with E-state index in [1.165, 1.54) is 25.3 Å². The number of aromatic nitrogens is 3. The Morgan fingerprint density at radius 2 is 2.06 bits per heavy atom. The van der Waals surface area contributed by atoms with Crippen LogP contribution in [0.1, 0.15) is 41.9 Å². The third-order valence-corrected chi connectivity index (χ3v) is 5.48. The van der Waals surface area contributed by atoms with Gasteiger partial charge in [-0.2, -0.15) is 0 Å². The van der Waals surface area contributed by atoms with Gasteiger partial charge in [0.15, 0.2) is 0 Å². The second-order valence-electron chi connectivity index (χ2n) is 8.09. The summed E-state index contributed by atoms with van der Waals surface area (Å²) in [6.45, 7) is 4.00. The fourth-order valence-corrected chi connectivity index (χ4v) is 3.94. The molecule has 3 aromatic rings. The monoisotopic (exact) mass is 423 g/mol. The maximum atomic E-state index is 14.4. The van der Waals surface area contributed by atoms with Crippen LogP contribution in [0.2, 0.25) is 0 Å². The number of carbonyl (C=O) groups is 1. The number of alkyl halides is 1. The van der Waals surface area contributed by atoms with Gasteiger partial charge in [0.1, 0.15) is 11.6 Å². The summed E-state index contributed by atoms with van der Waals surface area (Å²) < 4.78 is 28.2. The summed E-state index contributed by atoms with van der Waals surface area (Å²) in [5.74, 6) is -0.0718. The number of nitrogens with one attached hydrogen (secondary N) is 2. The van der Waals surface area contributed by atoms with Gasteiger partial charge in [0.05, 0.1) is 17.6 Å². The number of benzene rings is 1. The van der Waals surface area contributed by atoms with Crippen LogP contribution in [-0.4, -0.2) is 33.8 Å². The Labute approximate surface area is 179 Å². The molecule has 1 aliphatic rings. The molecular formula is C23H23F2N5O. The van der Waals surface area contributed by atoms with Gasteiger partial charge in [-0.05, 0) is 49.2 Å². The van der Waals surface area contributed by atoms with Crippen molar-refractivity contribution in [1.29, 1.82) is 0 Å². The highest BCUT2D eigenvalue weighted by atomic mass is 19.1. The van der Waals surface area contributed by atoms with Crippen LogP contribution in [0.25, 0.3) is 11.3 Å². The predicted molar refractivity (Wildman–Crippen MR) is 114 cm³/mol. The Bertz CT molecular complexity index is 1100. The molecule has 2 N–H and O–H groups in total. The summed E-state index contributed by atoms with van der Waals surface area (Å²) >= 11 is 0. The van der Waals surface area contributed by atoms with Crippen molar-refractivity contribution >= 4 is 11.7 Å². The summed E-state index contributed by atoms with van der Waals surface area (Å²) in [5, 5.41) is 14.4. The van der Waals surface area contributed by atoms with Gasteiger partial charge in [-0.15, -0.1) is 10.2 Å². The van der Waals surface area contributed by atoms with Crippen molar-refractivity contribution in [3.05, 3.63) is 71.3 Å². The van der Waals surface area contributed by atoms with E-state index in [-0.39, 0.29) is 24.6 Å². The Kier molecular flexibility index (Phi) is 5.63. The minimum absolute atomic E-state index is 0.0915. The Morgan fingerprint density at radius 1 is 1.23 bits per heavy atom. The molecule has 2 aromatic heterocycles. The number of pyridine rings is 1. The molecule has 3 heterocycles. The van der Waals surface area contributed by atoms with Crippen LogP contribution in [0.15, 0.2) is 48.7 Å². The number of anilines is 1. The molecule has 31 heavy (non-hydrogen) atoms. The Balaban J connectivity index is 1.51. The highest BCUT2D eigenvalue weighted by Gasteiger charge is 2.33. The quantitative estimate of drug-likeness (QED) is 0.600. The van der Waals surface area contributed by atoms with Crippen molar-refractivity contribution in [2.45, 2.75) is 38.4 Å². The summed E-state index contributed by atoms with van der Waals surface area (Å²) in [7, 11) is 0. The number of fused-ring (bicyclic) bond motifs is 1. The van der Waals surface area contributed by atoms with Gasteiger partial charge in [0.2, 0.25) is 0 Å². The van der Waals surface area contributed by atoms with Crippen LogP contribution in [0.3, 0.4) is 0 Å².